The molecule has 0 saturated carbocycles. The van der Waals surface area contributed by atoms with Gasteiger partial charge in [-0.15, -0.1) is 0 Å². The fourth-order valence-electron chi connectivity index (χ4n) is 2.99. The van der Waals surface area contributed by atoms with Crippen LogP contribution in [0.15, 0.2) is 42.7 Å². The second kappa shape index (κ2) is 7.11. The molecule has 1 aliphatic rings. The number of aromatic nitrogens is 3. The predicted molar refractivity (Wildman–Crippen MR) is 99.6 cm³/mol. The van der Waals surface area contributed by atoms with Crippen molar-refractivity contribution in [3.05, 3.63) is 59.8 Å². The zero-order valence-corrected chi connectivity index (χ0v) is 15.5. The van der Waals surface area contributed by atoms with E-state index in [2.05, 4.69) is 10.1 Å². The normalized spacial score (nSPS) is 12.7. The van der Waals surface area contributed by atoms with Crippen LogP contribution in [0.1, 0.15) is 34.7 Å². The number of hydrogen-bond acceptors (Lipinski definition) is 4. The molecule has 0 unspecified atom stereocenters. The van der Waals surface area contributed by atoms with Crippen LogP contribution >= 0.6 is 0 Å². The molecule has 7 heteroatoms. The first-order chi connectivity index (χ1) is 13.0. The molecule has 0 aliphatic carbocycles. The van der Waals surface area contributed by atoms with Crippen LogP contribution < -0.4 is 0 Å². The van der Waals surface area contributed by atoms with Gasteiger partial charge >= 0.3 is 0 Å². The molecule has 4 rings (SSSR count). The Morgan fingerprint density at radius 2 is 1.56 bits per heavy atom. The van der Waals surface area contributed by atoms with Gasteiger partial charge in [0.25, 0.3) is 11.8 Å². The van der Waals surface area contributed by atoms with Crippen molar-refractivity contribution in [2.75, 3.05) is 7.05 Å². The van der Waals surface area contributed by atoms with Gasteiger partial charge < -0.3 is 0 Å². The highest BCUT2D eigenvalue weighted by molar-refractivity contribution is 6.23. The van der Waals surface area contributed by atoms with Crippen LogP contribution in [0.25, 0.3) is 22.4 Å². The molecule has 0 radical (unpaired) electrons. The standard InChI is InChI=1S/C18H13FN4O2.C2H6/c1-22-9-13(15(21-22)10-3-5-11(19)6-4-10)12-7-8-20-16-14(12)17(24)23(2)18(16)25;1-2/h3-9H,1-2H3;1-2H3. The van der Waals surface area contributed by atoms with Crippen LogP contribution in [0.2, 0.25) is 0 Å². The molecule has 0 atom stereocenters. The summed E-state index contributed by atoms with van der Waals surface area (Å²) >= 11 is 0. The van der Waals surface area contributed by atoms with Gasteiger partial charge in [0.05, 0.1) is 5.56 Å². The number of halogens is 1. The Labute approximate surface area is 156 Å². The van der Waals surface area contributed by atoms with Crippen LogP contribution in [0.4, 0.5) is 4.39 Å². The molecule has 6 nitrogen and oxygen atoms in total. The van der Waals surface area contributed by atoms with Crippen LogP contribution in [0, 0.1) is 5.82 Å². The van der Waals surface area contributed by atoms with Gasteiger partial charge in [-0.05, 0) is 30.3 Å². The van der Waals surface area contributed by atoms with E-state index in [9.17, 15) is 14.0 Å². The topological polar surface area (TPSA) is 68.1 Å². The maximum Gasteiger partial charge on any atom is 0.279 e. The molecule has 1 aromatic carbocycles. The summed E-state index contributed by atoms with van der Waals surface area (Å²) in [7, 11) is 3.19. The zero-order valence-electron chi connectivity index (χ0n) is 15.5. The second-order valence-corrected chi connectivity index (χ2v) is 5.82. The smallest absolute Gasteiger partial charge is 0.276 e. The van der Waals surface area contributed by atoms with Crippen LogP contribution in [-0.2, 0) is 7.05 Å². The van der Waals surface area contributed by atoms with Crippen molar-refractivity contribution in [2.45, 2.75) is 13.8 Å². The van der Waals surface area contributed by atoms with Crippen molar-refractivity contribution in [3.63, 3.8) is 0 Å². The number of carbonyl (C=O) groups excluding carboxylic acids is 2. The summed E-state index contributed by atoms with van der Waals surface area (Å²) in [5, 5.41) is 4.44. The average molecular weight is 366 g/mol. The number of fused-ring (bicyclic) bond motifs is 1. The van der Waals surface area contributed by atoms with Crippen molar-refractivity contribution in [1.29, 1.82) is 0 Å². The third-order valence-corrected chi connectivity index (χ3v) is 4.21. The number of benzene rings is 1. The van der Waals surface area contributed by atoms with Gasteiger partial charge in [-0.25, -0.2) is 4.39 Å². The summed E-state index contributed by atoms with van der Waals surface area (Å²) in [6.07, 6.45) is 3.27. The molecule has 0 fully saturated rings. The van der Waals surface area contributed by atoms with Gasteiger partial charge in [0.2, 0.25) is 0 Å². The number of aryl methyl sites for hydroxylation is 1. The van der Waals surface area contributed by atoms with E-state index in [1.807, 2.05) is 13.8 Å². The van der Waals surface area contributed by atoms with Gasteiger partial charge in [0.1, 0.15) is 17.2 Å². The molecule has 3 aromatic rings. The SMILES string of the molecule is CC.CN1C(=O)c2nccc(-c3cn(C)nc3-c3ccc(F)cc3)c2C1=O. The lowest BCUT2D eigenvalue weighted by Crippen LogP contribution is -2.24. The van der Waals surface area contributed by atoms with Crippen molar-refractivity contribution in [3.8, 4) is 22.4 Å². The second-order valence-electron chi connectivity index (χ2n) is 5.82. The number of amides is 2. The van der Waals surface area contributed by atoms with E-state index >= 15 is 0 Å². The Balaban J connectivity index is 0.00000102. The lowest BCUT2D eigenvalue weighted by molar-refractivity contribution is 0.0691. The predicted octanol–water partition coefficient (Wildman–Crippen LogP) is 3.54. The van der Waals surface area contributed by atoms with Crippen molar-refractivity contribution >= 4 is 11.8 Å². The number of rotatable bonds is 2. The fraction of sp³-hybridized carbons (Fsp3) is 0.200. The van der Waals surface area contributed by atoms with Gasteiger partial charge in [-0.2, -0.15) is 5.10 Å². The molecule has 0 bridgehead atoms. The summed E-state index contributed by atoms with van der Waals surface area (Å²) in [6, 6.07) is 7.65. The van der Waals surface area contributed by atoms with E-state index in [0.29, 0.717) is 22.4 Å². The highest BCUT2D eigenvalue weighted by Gasteiger charge is 2.37. The molecular weight excluding hydrogens is 347 g/mol. The zero-order chi connectivity index (χ0) is 19.7. The maximum atomic E-state index is 13.2. The number of pyridine rings is 1. The van der Waals surface area contributed by atoms with Gasteiger partial charge in [0.15, 0.2) is 0 Å². The Morgan fingerprint density at radius 1 is 0.889 bits per heavy atom. The highest BCUT2D eigenvalue weighted by atomic mass is 19.1. The van der Waals surface area contributed by atoms with E-state index < -0.39 is 11.8 Å². The molecular formula is C20H19FN4O2. The molecule has 27 heavy (non-hydrogen) atoms. The first kappa shape index (κ1) is 18.4. The first-order valence-corrected chi connectivity index (χ1v) is 8.58. The lowest BCUT2D eigenvalue weighted by Gasteiger charge is -2.07. The van der Waals surface area contributed by atoms with E-state index in [1.165, 1.54) is 25.4 Å². The number of carbonyl (C=O) groups is 2. The van der Waals surface area contributed by atoms with Gasteiger partial charge in [-0.1, -0.05) is 13.8 Å². The molecule has 0 N–H and O–H groups in total. The third kappa shape index (κ3) is 3.01. The summed E-state index contributed by atoms with van der Waals surface area (Å²) < 4.78 is 14.8. The van der Waals surface area contributed by atoms with Gasteiger partial charge in [-0.3, -0.25) is 24.2 Å². The van der Waals surface area contributed by atoms with Crippen LogP contribution in [0.3, 0.4) is 0 Å². The number of hydrogen-bond donors (Lipinski definition) is 0. The minimum absolute atomic E-state index is 0.138. The average Bonchev–Trinajstić information content (AvgIpc) is 3.18. The summed E-state index contributed by atoms with van der Waals surface area (Å²) in [6.45, 7) is 4.00. The van der Waals surface area contributed by atoms with E-state index in [0.717, 1.165) is 4.90 Å². The molecule has 0 saturated heterocycles. The van der Waals surface area contributed by atoms with Crippen molar-refractivity contribution < 1.29 is 14.0 Å². The van der Waals surface area contributed by atoms with Crippen LogP contribution in [-0.4, -0.2) is 38.5 Å². The minimum Gasteiger partial charge on any atom is -0.276 e. The lowest BCUT2D eigenvalue weighted by atomic mass is 9.97. The third-order valence-electron chi connectivity index (χ3n) is 4.21. The maximum absolute atomic E-state index is 13.2. The Kier molecular flexibility index (Phi) is 4.85. The molecule has 2 aromatic heterocycles. The quantitative estimate of drug-likeness (QED) is 0.651. The molecule has 3 heterocycles. The van der Waals surface area contributed by atoms with Gasteiger partial charge in [0, 0.05) is 43.2 Å². The largest absolute Gasteiger partial charge is 0.279 e. The minimum atomic E-state index is -0.422. The van der Waals surface area contributed by atoms with E-state index in [4.69, 9.17) is 0 Å². The summed E-state index contributed by atoms with van der Waals surface area (Å²) in [4.78, 5) is 29.8. The Morgan fingerprint density at radius 3 is 2.22 bits per heavy atom. The molecule has 138 valence electrons. The molecule has 0 spiro atoms. The van der Waals surface area contributed by atoms with Crippen LogP contribution in [0.5, 0.6) is 0 Å². The monoisotopic (exact) mass is 366 g/mol. The van der Waals surface area contributed by atoms with E-state index in [-0.39, 0.29) is 17.1 Å². The summed E-state index contributed by atoms with van der Waals surface area (Å²) in [5.74, 6) is -1.15. The van der Waals surface area contributed by atoms with Crippen molar-refractivity contribution in [1.82, 2.24) is 19.7 Å². The summed E-state index contributed by atoms with van der Waals surface area (Å²) in [5.41, 5.74) is 2.99. The number of imide groups is 1. The first-order valence-electron chi connectivity index (χ1n) is 8.58. The van der Waals surface area contributed by atoms with Crippen molar-refractivity contribution in [2.24, 2.45) is 7.05 Å². The Hall–Kier alpha value is -3.35. The number of nitrogens with zero attached hydrogens (tertiary/aromatic N) is 4. The molecule has 2 amide bonds. The highest BCUT2D eigenvalue weighted by Crippen LogP contribution is 2.36. The van der Waals surface area contributed by atoms with E-state index in [1.54, 1.807) is 36.1 Å². The fourth-order valence-corrected chi connectivity index (χ4v) is 2.99. The Bertz CT molecular complexity index is 1020. The molecule has 1 aliphatic heterocycles.